The van der Waals surface area contributed by atoms with Crippen molar-refractivity contribution in [2.45, 2.75) is 97.0 Å². The fourth-order valence-corrected chi connectivity index (χ4v) is 6.94. The van der Waals surface area contributed by atoms with Gasteiger partial charge in [0.1, 0.15) is 0 Å². The Hall–Kier alpha value is -0.860. The van der Waals surface area contributed by atoms with Crippen molar-refractivity contribution >= 4 is 21.4 Å². The molecule has 1 nitrogen and oxygen atoms in total. The summed E-state index contributed by atoms with van der Waals surface area (Å²) < 4.78 is 7.89. The van der Waals surface area contributed by atoms with Crippen LogP contribution in [0.4, 0.5) is 0 Å². The highest BCUT2D eigenvalue weighted by molar-refractivity contribution is 7.19. The second-order valence-electron chi connectivity index (χ2n) is 9.76. The smallest absolute Gasteiger partial charge is 0.0603 e. The lowest BCUT2D eigenvalue weighted by molar-refractivity contribution is -0.0594. The topological polar surface area (TPSA) is 9.23 Å². The monoisotopic (exact) mass is 412 g/mol. The lowest BCUT2D eigenvalue weighted by Gasteiger charge is -2.38. The first-order chi connectivity index (χ1) is 14.2. The van der Waals surface area contributed by atoms with E-state index in [2.05, 4.69) is 38.1 Å². The van der Waals surface area contributed by atoms with Crippen LogP contribution in [0.5, 0.6) is 0 Å². The number of rotatable bonds is 8. The van der Waals surface area contributed by atoms with Crippen LogP contribution >= 0.6 is 11.3 Å². The zero-order chi connectivity index (χ0) is 20.1. The molecule has 1 aromatic carbocycles. The lowest BCUT2D eigenvalue weighted by Crippen LogP contribution is -2.34. The maximum Gasteiger partial charge on any atom is 0.0603 e. The molecule has 2 aromatic rings. The van der Waals surface area contributed by atoms with Crippen molar-refractivity contribution in [3.8, 4) is 0 Å². The summed E-state index contributed by atoms with van der Waals surface area (Å²) in [6, 6.07) is 9.52. The van der Waals surface area contributed by atoms with Crippen LogP contribution in [-0.4, -0.2) is 12.7 Å². The third-order valence-corrected chi connectivity index (χ3v) is 8.65. The molecule has 0 amide bonds. The molecule has 4 rings (SSSR count). The molecule has 1 aliphatic heterocycles. The molecule has 1 saturated carbocycles. The average Bonchev–Trinajstić information content (AvgIpc) is 3.15. The summed E-state index contributed by atoms with van der Waals surface area (Å²) in [4.78, 5) is 1.54. The highest BCUT2D eigenvalue weighted by atomic mass is 32.1. The van der Waals surface area contributed by atoms with Gasteiger partial charge in [-0.3, -0.25) is 0 Å². The maximum absolute atomic E-state index is 6.42. The number of aryl methyl sites for hydroxylation is 2. The van der Waals surface area contributed by atoms with Crippen LogP contribution in [0, 0.1) is 17.8 Å². The summed E-state index contributed by atoms with van der Waals surface area (Å²) in [7, 11) is 0. The van der Waals surface area contributed by atoms with Crippen LogP contribution in [0.25, 0.3) is 10.1 Å². The largest absolute Gasteiger partial charge is 0.378 e. The first kappa shape index (κ1) is 21.4. The molecule has 29 heavy (non-hydrogen) atoms. The van der Waals surface area contributed by atoms with Gasteiger partial charge in [-0.15, -0.1) is 11.3 Å². The van der Waals surface area contributed by atoms with E-state index < -0.39 is 0 Å². The fourth-order valence-electron chi connectivity index (χ4n) is 5.71. The highest BCUT2D eigenvalue weighted by Gasteiger charge is 2.31. The van der Waals surface area contributed by atoms with Gasteiger partial charge in [0.2, 0.25) is 0 Å². The molecule has 1 saturated heterocycles. The van der Waals surface area contributed by atoms with E-state index in [1.54, 1.807) is 0 Å². The second kappa shape index (κ2) is 10.4. The summed E-state index contributed by atoms with van der Waals surface area (Å²) >= 11 is 1.99. The molecule has 1 aliphatic carbocycles. The average molecular weight is 413 g/mol. The zero-order valence-electron chi connectivity index (χ0n) is 18.6. The van der Waals surface area contributed by atoms with Gasteiger partial charge in [0.05, 0.1) is 6.10 Å². The van der Waals surface area contributed by atoms with Crippen LogP contribution in [0.1, 0.15) is 88.5 Å². The standard InChI is InChI=1S/C27H40OS/c1-3-5-20-9-13-23(14-10-20)26-16-12-22(19-28-26)8-7-21-11-15-24-18-25(6-4-2)29-27(24)17-21/h11,15,17-18,20,22-23,26H,3-10,12-14,16,19H2,1-2H3. The van der Waals surface area contributed by atoms with Crippen LogP contribution in [0.3, 0.4) is 0 Å². The highest BCUT2D eigenvalue weighted by Crippen LogP contribution is 2.38. The molecule has 160 valence electrons. The van der Waals surface area contributed by atoms with Gasteiger partial charge < -0.3 is 4.74 Å². The van der Waals surface area contributed by atoms with E-state index in [0.29, 0.717) is 6.10 Å². The molecule has 2 aliphatic rings. The molecule has 0 radical (unpaired) electrons. The van der Waals surface area contributed by atoms with Crippen molar-refractivity contribution in [1.82, 2.24) is 0 Å². The third-order valence-electron chi connectivity index (χ3n) is 7.49. The molecule has 0 bridgehead atoms. The number of hydrogen-bond acceptors (Lipinski definition) is 2. The second-order valence-corrected chi connectivity index (χ2v) is 10.9. The van der Waals surface area contributed by atoms with Gasteiger partial charge in [-0.2, -0.15) is 0 Å². The SMILES string of the molecule is CCCc1cc2ccc(CCC3CCC(C4CCC(CCC)CC4)OC3)cc2s1. The molecular weight excluding hydrogens is 372 g/mol. The molecule has 2 fully saturated rings. The van der Waals surface area contributed by atoms with Gasteiger partial charge in [0.15, 0.2) is 0 Å². The van der Waals surface area contributed by atoms with Crippen LogP contribution in [-0.2, 0) is 17.6 Å². The van der Waals surface area contributed by atoms with E-state index in [4.69, 9.17) is 4.74 Å². The molecular formula is C27H40OS. The van der Waals surface area contributed by atoms with Crippen molar-refractivity contribution in [2.24, 2.45) is 17.8 Å². The van der Waals surface area contributed by atoms with Gasteiger partial charge in [-0.05, 0) is 85.8 Å². The van der Waals surface area contributed by atoms with E-state index in [9.17, 15) is 0 Å². The summed E-state index contributed by atoms with van der Waals surface area (Å²) in [5, 5.41) is 1.43. The van der Waals surface area contributed by atoms with Crippen LogP contribution < -0.4 is 0 Å². The zero-order valence-corrected chi connectivity index (χ0v) is 19.4. The number of hydrogen-bond donors (Lipinski definition) is 0. The molecule has 0 spiro atoms. The van der Waals surface area contributed by atoms with Gasteiger partial charge in [-0.1, -0.05) is 58.1 Å². The van der Waals surface area contributed by atoms with E-state index in [-0.39, 0.29) is 0 Å². The minimum Gasteiger partial charge on any atom is -0.378 e. The van der Waals surface area contributed by atoms with E-state index >= 15 is 0 Å². The van der Waals surface area contributed by atoms with Gasteiger partial charge in [-0.25, -0.2) is 0 Å². The predicted octanol–water partition coefficient (Wildman–Crippen LogP) is 8.19. The van der Waals surface area contributed by atoms with Crippen molar-refractivity contribution < 1.29 is 4.74 Å². The Morgan fingerprint density at radius 3 is 2.41 bits per heavy atom. The Kier molecular flexibility index (Phi) is 7.70. The molecule has 2 heterocycles. The molecule has 2 atom stereocenters. The summed E-state index contributed by atoms with van der Waals surface area (Å²) in [6.45, 7) is 5.60. The Balaban J connectivity index is 1.21. The van der Waals surface area contributed by atoms with Crippen molar-refractivity contribution in [1.29, 1.82) is 0 Å². The minimum absolute atomic E-state index is 0.563. The number of benzene rings is 1. The number of ether oxygens (including phenoxy) is 1. The van der Waals surface area contributed by atoms with Crippen LogP contribution in [0.2, 0.25) is 0 Å². The Morgan fingerprint density at radius 2 is 1.69 bits per heavy atom. The van der Waals surface area contributed by atoms with Crippen molar-refractivity contribution in [3.63, 3.8) is 0 Å². The van der Waals surface area contributed by atoms with E-state index in [1.165, 1.54) is 97.6 Å². The molecule has 2 unspecified atom stereocenters. The normalized spacial score (nSPS) is 28.1. The summed E-state index contributed by atoms with van der Waals surface area (Å²) in [6.07, 6.45) is 16.7. The number of thiophene rings is 1. The minimum atomic E-state index is 0.563. The van der Waals surface area contributed by atoms with Gasteiger partial charge in [0, 0.05) is 16.2 Å². The van der Waals surface area contributed by atoms with Crippen molar-refractivity contribution in [3.05, 3.63) is 34.7 Å². The summed E-state index contributed by atoms with van der Waals surface area (Å²) in [5.41, 5.74) is 1.51. The quantitative estimate of drug-likeness (QED) is 0.424. The Bertz CT molecular complexity index is 747. The number of fused-ring (bicyclic) bond motifs is 1. The Labute approximate surface area is 182 Å². The first-order valence-corrected chi connectivity index (χ1v) is 13.2. The summed E-state index contributed by atoms with van der Waals surface area (Å²) in [5.74, 6) is 2.62. The lowest BCUT2D eigenvalue weighted by atomic mass is 9.76. The maximum atomic E-state index is 6.42. The third kappa shape index (κ3) is 5.64. The van der Waals surface area contributed by atoms with E-state index in [1.807, 2.05) is 11.3 Å². The van der Waals surface area contributed by atoms with Gasteiger partial charge >= 0.3 is 0 Å². The molecule has 2 heteroatoms. The Morgan fingerprint density at radius 1 is 0.862 bits per heavy atom. The predicted molar refractivity (Wildman–Crippen MR) is 127 cm³/mol. The first-order valence-electron chi connectivity index (χ1n) is 12.4. The van der Waals surface area contributed by atoms with Gasteiger partial charge in [0.25, 0.3) is 0 Å². The van der Waals surface area contributed by atoms with Crippen LogP contribution in [0.15, 0.2) is 24.3 Å². The van der Waals surface area contributed by atoms with E-state index in [0.717, 1.165) is 24.4 Å². The molecule has 1 aromatic heterocycles. The fraction of sp³-hybridized carbons (Fsp3) is 0.704. The van der Waals surface area contributed by atoms with Crippen molar-refractivity contribution in [2.75, 3.05) is 6.61 Å². The molecule has 0 N–H and O–H groups in total.